The molecule has 0 bridgehead atoms. The molecule has 0 radical (unpaired) electrons. The van der Waals surface area contributed by atoms with Crippen molar-refractivity contribution in [3.05, 3.63) is 40.8 Å². The number of nitrogens with zero attached hydrogens (tertiary/aromatic N) is 2. The number of carboxylic acid groups (broad SMARTS) is 1. The maximum absolute atomic E-state index is 12.7. The van der Waals surface area contributed by atoms with Crippen LogP contribution in [-0.4, -0.2) is 69.1 Å². The SMILES string of the molecule is COc1ccc(CN2CCN(S(=O)(=O)c3cc(C(=O)O)cs3)CC2)cc1OC. The molecule has 1 aliphatic rings. The molecule has 8 nitrogen and oxygen atoms in total. The normalized spacial score (nSPS) is 16.1. The predicted octanol–water partition coefficient (Wildman–Crippen LogP) is 1.97. The molecule has 2 aromatic rings. The summed E-state index contributed by atoms with van der Waals surface area (Å²) in [6.45, 7) is 2.57. The summed E-state index contributed by atoms with van der Waals surface area (Å²) in [6, 6.07) is 6.95. The van der Waals surface area contributed by atoms with Gasteiger partial charge in [-0.25, -0.2) is 13.2 Å². The molecule has 1 N–H and O–H groups in total. The molecule has 0 amide bonds. The van der Waals surface area contributed by atoms with Gasteiger partial charge in [-0.2, -0.15) is 4.31 Å². The van der Waals surface area contributed by atoms with Crippen molar-refractivity contribution in [2.75, 3.05) is 40.4 Å². The summed E-state index contributed by atoms with van der Waals surface area (Å²) < 4.78 is 37.5. The van der Waals surface area contributed by atoms with E-state index < -0.39 is 16.0 Å². The molecule has 2 heterocycles. The van der Waals surface area contributed by atoms with E-state index in [2.05, 4.69) is 4.90 Å². The van der Waals surface area contributed by atoms with Gasteiger partial charge in [-0.05, 0) is 23.8 Å². The van der Waals surface area contributed by atoms with Gasteiger partial charge in [-0.1, -0.05) is 6.07 Å². The minimum Gasteiger partial charge on any atom is -0.493 e. The van der Waals surface area contributed by atoms with Gasteiger partial charge in [-0.15, -0.1) is 11.3 Å². The van der Waals surface area contributed by atoms with E-state index in [-0.39, 0.29) is 9.77 Å². The Morgan fingerprint density at radius 1 is 1.11 bits per heavy atom. The summed E-state index contributed by atoms with van der Waals surface area (Å²) in [5.74, 6) is 0.199. The fraction of sp³-hybridized carbons (Fsp3) is 0.389. The molecule has 0 aliphatic carbocycles. The number of ether oxygens (including phenoxy) is 2. The summed E-state index contributed by atoms with van der Waals surface area (Å²) in [5.41, 5.74) is 1.05. The lowest BCUT2D eigenvalue weighted by Crippen LogP contribution is -2.48. The van der Waals surface area contributed by atoms with Gasteiger partial charge in [-0.3, -0.25) is 4.90 Å². The van der Waals surface area contributed by atoms with Crippen LogP contribution in [0.3, 0.4) is 0 Å². The molecular weight excluding hydrogens is 404 g/mol. The molecule has 0 atom stereocenters. The van der Waals surface area contributed by atoms with Gasteiger partial charge >= 0.3 is 5.97 Å². The predicted molar refractivity (Wildman–Crippen MR) is 105 cm³/mol. The summed E-state index contributed by atoms with van der Waals surface area (Å²) in [4.78, 5) is 13.2. The summed E-state index contributed by atoms with van der Waals surface area (Å²) >= 11 is 0.940. The standard InChI is InChI=1S/C18H22N2O6S2/c1-25-15-4-3-13(9-16(15)26-2)11-19-5-7-20(8-6-19)28(23,24)17-10-14(12-27-17)18(21)22/h3-4,9-10,12H,5-8,11H2,1-2H3,(H,21,22). The Labute approximate surface area is 168 Å². The molecule has 0 unspecified atom stereocenters. The largest absolute Gasteiger partial charge is 0.493 e. The van der Waals surface area contributed by atoms with Gasteiger partial charge in [0, 0.05) is 38.1 Å². The Morgan fingerprint density at radius 2 is 1.79 bits per heavy atom. The molecule has 10 heteroatoms. The van der Waals surface area contributed by atoms with E-state index >= 15 is 0 Å². The third-order valence-corrected chi connectivity index (χ3v) is 7.92. The quantitative estimate of drug-likeness (QED) is 0.723. The van der Waals surface area contributed by atoms with Gasteiger partial charge in [0.1, 0.15) is 4.21 Å². The summed E-state index contributed by atoms with van der Waals surface area (Å²) in [7, 11) is -0.489. The minimum atomic E-state index is -3.67. The highest BCUT2D eigenvalue weighted by Crippen LogP contribution is 2.29. The third-order valence-electron chi connectivity index (χ3n) is 4.60. The van der Waals surface area contributed by atoms with E-state index in [1.165, 1.54) is 15.8 Å². The molecule has 1 fully saturated rings. The molecule has 28 heavy (non-hydrogen) atoms. The van der Waals surface area contributed by atoms with Crippen LogP contribution in [-0.2, 0) is 16.6 Å². The van der Waals surface area contributed by atoms with Crippen LogP contribution in [0, 0.1) is 0 Å². The first-order valence-corrected chi connectivity index (χ1v) is 10.9. The number of sulfonamides is 1. The van der Waals surface area contributed by atoms with E-state index in [4.69, 9.17) is 14.6 Å². The van der Waals surface area contributed by atoms with Crippen LogP contribution in [0.5, 0.6) is 11.5 Å². The van der Waals surface area contributed by atoms with Gasteiger partial charge in [0.25, 0.3) is 10.0 Å². The topological polar surface area (TPSA) is 96.4 Å². The lowest BCUT2D eigenvalue weighted by molar-refractivity contribution is 0.0697. The van der Waals surface area contributed by atoms with E-state index in [0.29, 0.717) is 44.2 Å². The number of carboxylic acids is 1. The van der Waals surface area contributed by atoms with Crippen molar-refractivity contribution in [1.29, 1.82) is 0 Å². The van der Waals surface area contributed by atoms with E-state index in [9.17, 15) is 13.2 Å². The second-order valence-corrected chi connectivity index (χ2v) is 9.41. The Hall–Kier alpha value is -2.14. The first kappa shape index (κ1) is 20.6. The van der Waals surface area contributed by atoms with Crippen LogP contribution in [0.15, 0.2) is 33.9 Å². The number of methoxy groups -OCH3 is 2. The fourth-order valence-corrected chi connectivity index (χ4v) is 5.78. The second kappa shape index (κ2) is 8.48. The van der Waals surface area contributed by atoms with Gasteiger partial charge in [0.2, 0.25) is 0 Å². The maximum atomic E-state index is 12.7. The fourth-order valence-electron chi connectivity index (χ4n) is 3.06. The summed E-state index contributed by atoms with van der Waals surface area (Å²) in [6.07, 6.45) is 0. The number of piperazine rings is 1. The highest BCUT2D eigenvalue weighted by atomic mass is 32.2. The number of hydrogen-bond acceptors (Lipinski definition) is 7. The van der Waals surface area contributed by atoms with Crippen LogP contribution < -0.4 is 9.47 Å². The smallest absolute Gasteiger partial charge is 0.336 e. The first-order valence-electron chi connectivity index (χ1n) is 8.60. The number of carbonyl (C=O) groups is 1. The molecule has 1 aliphatic heterocycles. The highest BCUT2D eigenvalue weighted by molar-refractivity contribution is 7.91. The average molecular weight is 427 g/mol. The molecule has 152 valence electrons. The monoisotopic (exact) mass is 426 g/mol. The van der Waals surface area contributed by atoms with Crippen LogP contribution in [0.1, 0.15) is 15.9 Å². The molecule has 0 saturated carbocycles. The maximum Gasteiger partial charge on any atom is 0.336 e. The highest BCUT2D eigenvalue weighted by Gasteiger charge is 2.30. The van der Waals surface area contributed by atoms with E-state index in [0.717, 1.165) is 16.9 Å². The van der Waals surface area contributed by atoms with Crippen molar-refractivity contribution in [1.82, 2.24) is 9.21 Å². The lowest BCUT2D eigenvalue weighted by atomic mass is 10.1. The number of hydrogen-bond donors (Lipinski definition) is 1. The van der Waals surface area contributed by atoms with Crippen molar-refractivity contribution in [3.8, 4) is 11.5 Å². The molecule has 3 rings (SSSR count). The lowest BCUT2D eigenvalue weighted by Gasteiger charge is -2.33. The Bertz CT molecular complexity index is 949. The molecule has 1 aromatic heterocycles. The molecule has 0 spiro atoms. The Kier molecular flexibility index (Phi) is 6.23. The number of rotatable bonds is 7. The summed E-state index contributed by atoms with van der Waals surface area (Å²) in [5, 5.41) is 10.3. The van der Waals surface area contributed by atoms with Crippen molar-refractivity contribution in [2.24, 2.45) is 0 Å². The first-order chi connectivity index (χ1) is 13.3. The zero-order chi connectivity index (χ0) is 20.3. The van der Waals surface area contributed by atoms with Crippen molar-refractivity contribution in [3.63, 3.8) is 0 Å². The zero-order valence-corrected chi connectivity index (χ0v) is 17.3. The van der Waals surface area contributed by atoms with Crippen LogP contribution in [0.2, 0.25) is 0 Å². The van der Waals surface area contributed by atoms with E-state index in [1.807, 2.05) is 18.2 Å². The Balaban J connectivity index is 1.63. The van der Waals surface area contributed by atoms with E-state index in [1.54, 1.807) is 14.2 Å². The second-order valence-electron chi connectivity index (χ2n) is 6.33. The molecule has 1 saturated heterocycles. The van der Waals surface area contributed by atoms with Crippen LogP contribution in [0.4, 0.5) is 0 Å². The molecule has 1 aromatic carbocycles. The molecular formula is C18H22N2O6S2. The minimum absolute atomic E-state index is 0.00401. The Morgan fingerprint density at radius 3 is 2.36 bits per heavy atom. The van der Waals surface area contributed by atoms with Crippen molar-refractivity contribution >= 4 is 27.3 Å². The number of benzene rings is 1. The van der Waals surface area contributed by atoms with Gasteiger partial charge in [0.05, 0.1) is 19.8 Å². The van der Waals surface area contributed by atoms with Gasteiger partial charge in [0.15, 0.2) is 11.5 Å². The number of aromatic carboxylic acids is 1. The zero-order valence-electron chi connectivity index (χ0n) is 15.6. The third kappa shape index (κ3) is 4.30. The van der Waals surface area contributed by atoms with Gasteiger partial charge < -0.3 is 14.6 Å². The van der Waals surface area contributed by atoms with Crippen molar-refractivity contribution < 1.29 is 27.8 Å². The van der Waals surface area contributed by atoms with Crippen molar-refractivity contribution in [2.45, 2.75) is 10.8 Å². The average Bonchev–Trinajstić information content (AvgIpc) is 3.20. The van der Waals surface area contributed by atoms with Crippen LogP contribution in [0.25, 0.3) is 0 Å². The number of thiophene rings is 1. The van der Waals surface area contributed by atoms with Crippen LogP contribution >= 0.6 is 11.3 Å².